The molecule has 0 atom stereocenters. The first-order valence-electron chi connectivity index (χ1n) is 14.8. The molecule has 6 nitrogen and oxygen atoms in total. The summed E-state index contributed by atoms with van der Waals surface area (Å²) < 4.78 is 28.6. The van der Waals surface area contributed by atoms with Crippen LogP contribution in [0.5, 0.6) is 0 Å². The van der Waals surface area contributed by atoms with E-state index in [-0.39, 0.29) is 0 Å². The Bertz CT molecular complexity index is 1460. The van der Waals surface area contributed by atoms with Crippen LogP contribution in [-0.2, 0) is 23.1 Å². The summed E-state index contributed by atoms with van der Waals surface area (Å²) in [4.78, 5) is 7.24. The Kier molecular flexibility index (Phi) is 9.68. The van der Waals surface area contributed by atoms with Gasteiger partial charge in [0.05, 0.1) is 10.4 Å². The van der Waals surface area contributed by atoms with Crippen LogP contribution in [0.15, 0.2) is 84.0 Å². The lowest BCUT2D eigenvalue weighted by atomic mass is 9.95. The maximum Gasteiger partial charge on any atom is 0.268 e. The first-order valence-corrected chi connectivity index (χ1v) is 16.2. The average Bonchev–Trinajstić information content (AvgIpc) is 3.36. The minimum absolute atomic E-state index is 0.298. The Morgan fingerprint density at radius 3 is 2.45 bits per heavy atom. The SMILES string of the molecule is Cc1ccc(CN(CCCCCNC2CCCCC2)Cc2cn(S(=O)(=O)c3ccccc3)c3ccccc23)cn1. The topological polar surface area (TPSA) is 67.2 Å². The summed E-state index contributed by atoms with van der Waals surface area (Å²) >= 11 is 0. The van der Waals surface area contributed by atoms with E-state index in [9.17, 15) is 8.42 Å². The molecule has 2 heterocycles. The fourth-order valence-electron chi connectivity index (χ4n) is 5.80. The number of nitrogens with one attached hydrogen (secondary N) is 1. The van der Waals surface area contributed by atoms with E-state index in [1.807, 2.05) is 49.6 Å². The fourth-order valence-corrected chi connectivity index (χ4v) is 7.22. The number of hydrogen-bond donors (Lipinski definition) is 1. The molecule has 2 aromatic heterocycles. The van der Waals surface area contributed by atoms with Crippen molar-refractivity contribution in [3.05, 3.63) is 95.9 Å². The largest absolute Gasteiger partial charge is 0.314 e. The normalized spacial score (nSPS) is 14.8. The molecule has 1 saturated carbocycles. The highest BCUT2D eigenvalue weighted by Gasteiger charge is 2.22. The Labute approximate surface area is 239 Å². The van der Waals surface area contributed by atoms with Crippen LogP contribution < -0.4 is 5.32 Å². The second kappa shape index (κ2) is 13.6. The third-order valence-electron chi connectivity index (χ3n) is 8.02. The highest BCUT2D eigenvalue weighted by molar-refractivity contribution is 7.90. The number of para-hydroxylation sites is 1. The minimum atomic E-state index is -3.70. The van der Waals surface area contributed by atoms with E-state index < -0.39 is 10.0 Å². The second-order valence-corrected chi connectivity index (χ2v) is 13.0. The van der Waals surface area contributed by atoms with Crippen LogP contribution in [0.1, 0.15) is 68.2 Å². The Hall–Kier alpha value is -3.00. The number of pyridine rings is 1. The number of aryl methyl sites for hydroxylation is 1. The molecule has 0 saturated heterocycles. The van der Waals surface area contributed by atoms with Gasteiger partial charge in [-0.15, -0.1) is 0 Å². The summed E-state index contributed by atoms with van der Waals surface area (Å²) in [6, 6.07) is 21.4. The molecule has 5 rings (SSSR count). The second-order valence-electron chi connectivity index (χ2n) is 11.2. The summed E-state index contributed by atoms with van der Waals surface area (Å²) in [6.45, 7) is 5.50. The lowest BCUT2D eigenvalue weighted by Gasteiger charge is -2.23. The number of aromatic nitrogens is 2. The molecule has 212 valence electrons. The van der Waals surface area contributed by atoms with Crippen LogP contribution >= 0.6 is 0 Å². The first-order chi connectivity index (χ1) is 19.5. The van der Waals surface area contributed by atoms with E-state index in [0.29, 0.717) is 23.0 Å². The van der Waals surface area contributed by atoms with E-state index in [1.54, 1.807) is 24.3 Å². The number of fused-ring (bicyclic) bond motifs is 1. The number of benzene rings is 2. The van der Waals surface area contributed by atoms with Crippen molar-refractivity contribution in [1.82, 2.24) is 19.2 Å². The van der Waals surface area contributed by atoms with Crippen LogP contribution in [0.4, 0.5) is 0 Å². The van der Waals surface area contributed by atoms with Gasteiger partial charge < -0.3 is 5.32 Å². The zero-order valence-corrected chi connectivity index (χ0v) is 24.5. The molecule has 1 aliphatic rings. The van der Waals surface area contributed by atoms with Gasteiger partial charge in [-0.05, 0) is 81.1 Å². The monoisotopic (exact) mass is 558 g/mol. The van der Waals surface area contributed by atoms with Crippen LogP contribution in [0, 0.1) is 6.92 Å². The van der Waals surface area contributed by atoms with Gasteiger partial charge in [-0.1, -0.05) is 68.1 Å². The molecule has 4 aromatic rings. The van der Waals surface area contributed by atoms with Crippen molar-refractivity contribution in [2.45, 2.75) is 82.3 Å². The summed E-state index contributed by atoms with van der Waals surface area (Å²) in [5.41, 5.74) is 3.92. The van der Waals surface area contributed by atoms with Crippen LogP contribution in [-0.4, -0.2) is 41.4 Å². The van der Waals surface area contributed by atoms with E-state index in [0.717, 1.165) is 42.7 Å². The molecule has 2 aromatic carbocycles. The molecule has 1 aliphatic carbocycles. The lowest BCUT2D eigenvalue weighted by Crippen LogP contribution is -2.31. The summed E-state index contributed by atoms with van der Waals surface area (Å²) in [5, 5.41) is 4.74. The van der Waals surface area contributed by atoms with E-state index in [4.69, 9.17) is 0 Å². The zero-order chi connectivity index (χ0) is 27.8. The van der Waals surface area contributed by atoms with Crippen molar-refractivity contribution in [2.75, 3.05) is 13.1 Å². The maximum absolute atomic E-state index is 13.6. The van der Waals surface area contributed by atoms with Gasteiger partial charge in [0.1, 0.15) is 0 Å². The molecule has 40 heavy (non-hydrogen) atoms. The highest BCUT2D eigenvalue weighted by atomic mass is 32.2. The van der Waals surface area contributed by atoms with Crippen molar-refractivity contribution in [1.29, 1.82) is 0 Å². The Morgan fingerprint density at radius 2 is 1.68 bits per heavy atom. The Balaban J connectivity index is 1.31. The predicted octanol–water partition coefficient (Wildman–Crippen LogP) is 6.68. The van der Waals surface area contributed by atoms with Crippen molar-refractivity contribution in [3.63, 3.8) is 0 Å². The smallest absolute Gasteiger partial charge is 0.268 e. The van der Waals surface area contributed by atoms with Gasteiger partial charge in [0.25, 0.3) is 10.0 Å². The molecule has 0 aliphatic heterocycles. The number of nitrogens with zero attached hydrogens (tertiary/aromatic N) is 3. The molecule has 0 spiro atoms. The molecular weight excluding hydrogens is 516 g/mol. The maximum atomic E-state index is 13.6. The van der Waals surface area contributed by atoms with Crippen molar-refractivity contribution in [2.24, 2.45) is 0 Å². The quantitative estimate of drug-likeness (QED) is 0.186. The van der Waals surface area contributed by atoms with Crippen LogP contribution in [0.3, 0.4) is 0 Å². The molecule has 0 amide bonds. The van der Waals surface area contributed by atoms with Crippen molar-refractivity contribution in [3.8, 4) is 0 Å². The van der Waals surface area contributed by atoms with Gasteiger partial charge in [-0.2, -0.15) is 0 Å². The van der Waals surface area contributed by atoms with Crippen LogP contribution in [0.25, 0.3) is 10.9 Å². The standard InChI is InChI=1S/C33H42N4O2S/c1-27-19-20-28(23-35-27)24-36(22-12-4-11-21-34-30-13-5-2-6-14-30)25-29-26-37(33-18-10-9-17-32(29)33)40(38,39)31-15-7-3-8-16-31/h3,7-10,15-20,23,26,30,34H,2,4-6,11-14,21-22,24-25H2,1H3. The molecule has 0 unspecified atom stereocenters. The van der Waals surface area contributed by atoms with Gasteiger partial charge >= 0.3 is 0 Å². The molecule has 1 N–H and O–H groups in total. The third-order valence-corrected chi connectivity index (χ3v) is 9.71. The number of unbranched alkanes of at least 4 members (excludes halogenated alkanes) is 2. The molecule has 7 heteroatoms. The van der Waals surface area contributed by atoms with E-state index in [1.165, 1.54) is 54.5 Å². The van der Waals surface area contributed by atoms with Gasteiger partial charge in [0, 0.05) is 42.6 Å². The van der Waals surface area contributed by atoms with Gasteiger partial charge in [0.2, 0.25) is 0 Å². The first kappa shape index (κ1) is 28.5. The minimum Gasteiger partial charge on any atom is -0.314 e. The van der Waals surface area contributed by atoms with Gasteiger partial charge in [-0.3, -0.25) is 9.88 Å². The van der Waals surface area contributed by atoms with Crippen molar-refractivity contribution < 1.29 is 8.42 Å². The average molecular weight is 559 g/mol. The van der Waals surface area contributed by atoms with Crippen molar-refractivity contribution >= 4 is 20.9 Å². The number of rotatable bonds is 13. The Morgan fingerprint density at radius 1 is 0.900 bits per heavy atom. The lowest BCUT2D eigenvalue weighted by molar-refractivity contribution is 0.250. The molecular formula is C33H42N4O2S. The zero-order valence-electron chi connectivity index (χ0n) is 23.6. The summed E-state index contributed by atoms with van der Waals surface area (Å²) in [6.07, 6.45) is 14.0. The molecule has 1 fully saturated rings. The highest BCUT2D eigenvalue weighted by Crippen LogP contribution is 2.27. The van der Waals surface area contributed by atoms with Crippen LogP contribution in [0.2, 0.25) is 0 Å². The van der Waals surface area contributed by atoms with Gasteiger partial charge in [-0.25, -0.2) is 12.4 Å². The summed E-state index contributed by atoms with van der Waals surface area (Å²) in [7, 11) is -3.70. The van der Waals surface area contributed by atoms with Gasteiger partial charge in [0.15, 0.2) is 0 Å². The predicted molar refractivity (Wildman–Crippen MR) is 163 cm³/mol. The molecule has 0 bridgehead atoms. The summed E-state index contributed by atoms with van der Waals surface area (Å²) in [5.74, 6) is 0. The third kappa shape index (κ3) is 7.19. The molecule has 0 radical (unpaired) electrons. The van der Waals surface area contributed by atoms with E-state index in [2.05, 4.69) is 27.3 Å². The van der Waals surface area contributed by atoms with E-state index >= 15 is 0 Å². The fraction of sp³-hybridized carbons (Fsp3) is 0.424. The number of hydrogen-bond acceptors (Lipinski definition) is 5.